The number of ether oxygens (including phenoxy) is 2. The second kappa shape index (κ2) is 3.98. The quantitative estimate of drug-likeness (QED) is 0.844. The van der Waals surface area contributed by atoms with Crippen LogP contribution in [0.2, 0.25) is 0 Å². The molecule has 0 aromatic heterocycles. The van der Waals surface area contributed by atoms with E-state index in [-0.39, 0.29) is 0 Å². The summed E-state index contributed by atoms with van der Waals surface area (Å²) in [6.07, 6.45) is 2.63. The molecule has 3 nitrogen and oxygen atoms in total. The molecule has 1 fully saturated rings. The maximum Gasteiger partial charge on any atom is 0.161 e. The van der Waals surface area contributed by atoms with E-state index >= 15 is 0 Å². The van der Waals surface area contributed by atoms with Crippen molar-refractivity contribution in [1.82, 2.24) is 0 Å². The molecule has 2 aliphatic rings. The van der Waals surface area contributed by atoms with Crippen molar-refractivity contribution < 1.29 is 9.47 Å². The summed E-state index contributed by atoms with van der Waals surface area (Å²) < 4.78 is 11.1. The normalized spacial score (nSPS) is 20.6. The Balaban J connectivity index is 1.89. The van der Waals surface area contributed by atoms with Crippen molar-refractivity contribution in [1.29, 1.82) is 0 Å². The summed E-state index contributed by atoms with van der Waals surface area (Å²) in [7, 11) is 0. The van der Waals surface area contributed by atoms with Gasteiger partial charge >= 0.3 is 0 Å². The number of benzene rings is 1. The molecule has 3 heteroatoms. The fourth-order valence-corrected chi connectivity index (χ4v) is 2.39. The Kier molecular flexibility index (Phi) is 2.48. The Labute approximate surface area is 95.5 Å². The second-order valence-electron chi connectivity index (χ2n) is 4.58. The zero-order valence-electron chi connectivity index (χ0n) is 9.32. The van der Waals surface area contributed by atoms with Crippen LogP contribution in [-0.2, 0) is 0 Å². The van der Waals surface area contributed by atoms with Gasteiger partial charge in [0.05, 0.1) is 0 Å². The third-order valence-electron chi connectivity index (χ3n) is 3.44. The summed E-state index contributed by atoms with van der Waals surface area (Å²) in [4.78, 5) is 0. The summed E-state index contributed by atoms with van der Waals surface area (Å²) in [5.74, 6) is 3.02. The fraction of sp³-hybridized carbons (Fsp3) is 0.538. The molecule has 0 radical (unpaired) electrons. The molecule has 0 bridgehead atoms. The minimum Gasteiger partial charge on any atom is -0.486 e. The van der Waals surface area contributed by atoms with Gasteiger partial charge in [-0.25, -0.2) is 0 Å². The van der Waals surface area contributed by atoms with Gasteiger partial charge in [-0.1, -0.05) is 6.07 Å². The number of nitrogens with two attached hydrogens (primary N) is 1. The predicted octanol–water partition coefficient (Wildman–Crippen LogP) is 1.91. The smallest absolute Gasteiger partial charge is 0.161 e. The molecular formula is C13H17NO2. The van der Waals surface area contributed by atoms with Crippen LogP contribution in [-0.4, -0.2) is 19.8 Å². The molecule has 0 amide bonds. The van der Waals surface area contributed by atoms with Gasteiger partial charge < -0.3 is 15.2 Å². The van der Waals surface area contributed by atoms with Gasteiger partial charge in [0.1, 0.15) is 13.2 Å². The average Bonchev–Trinajstić information content (AvgIpc) is 3.14. The van der Waals surface area contributed by atoms with Gasteiger partial charge in [0.15, 0.2) is 11.5 Å². The first-order valence-electron chi connectivity index (χ1n) is 5.98. The monoisotopic (exact) mass is 219 g/mol. The maximum absolute atomic E-state index is 5.85. The molecule has 16 heavy (non-hydrogen) atoms. The minimum atomic E-state index is 0.496. The van der Waals surface area contributed by atoms with Crippen molar-refractivity contribution in [2.75, 3.05) is 19.8 Å². The third-order valence-corrected chi connectivity index (χ3v) is 3.44. The minimum absolute atomic E-state index is 0.496. The summed E-state index contributed by atoms with van der Waals surface area (Å²) in [5.41, 5.74) is 7.15. The van der Waals surface area contributed by atoms with E-state index in [0.717, 1.165) is 24.0 Å². The molecule has 86 valence electrons. The van der Waals surface area contributed by atoms with Gasteiger partial charge in [0.2, 0.25) is 0 Å². The van der Waals surface area contributed by atoms with Crippen LogP contribution in [0.25, 0.3) is 0 Å². The fourth-order valence-electron chi connectivity index (χ4n) is 2.39. The van der Waals surface area contributed by atoms with Crippen LogP contribution in [0.3, 0.4) is 0 Å². The molecule has 1 aromatic carbocycles. The molecule has 3 rings (SSSR count). The third kappa shape index (κ3) is 1.76. The molecule has 1 unspecified atom stereocenters. The topological polar surface area (TPSA) is 44.5 Å². The Morgan fingerprint density at radius 2 is 1.94 bits per heavy atom. The van der Waals surface area contributed by atoms with E-state index in [4.69, 9.17) is 15.2 Å². The van der Waals surface area contributed by atoms with Crippen LogP contribution in [0.15, 0.2) is 18.2 Å². The molecule has 0 spiro atoms. The first-order chi connectivity index (χ1) is 7.88. The lowest BCUT2D eigenvalue weighted by atomic mass is 9.94. The highest BCUT2D eigenvalue weighted by molar-refractivity contribution is 5.45. The zero-order valence-corrected chi connectivity index (χ0v) is 9.32. The highest BCUT2D eigenvalue weighted by Crippen LogP contribution is 2.44. The lowest BCUT2D eigenvalue weighted by Gasteiger charge is -2.21. The van der Waals surface area contributed by atoms with Crippen molar-refractivity contribution in [2.45, 2.75) is 18.8 Å². The van der Waals surface area contributed by atoms with E-state index in [0.29, 0.717) is 19.1 Å². The van der Waals surface area contributed by atoms with Gasteiger partial charge in [-0.15, -0.1) is 0 Å². The first kappa shape index (κ1) is 9.97. The van der Waals surface area contributed by atoms with Crippen molar-refractivity contribution in [3.63, 3.8) is 0 Å². The molecule has 1 saturated carbocycles. The van der Waals surface area contributed by atoms with Gasteiger partial charge in [-0.3, -0.25) is 0 Å². The van der Waals surface area contributed by atoms with E-state index in [9.17, 15) is 0 Å². The molecular weight excluding hydrogens is 202 g/mol. The molecule has 1 atom stereocenters. The zero-order chi connectivity index (χ0) is 11.0. The SMILES string of the molecule is NCC(c1ccc2c(c1)OCCO2)C1CC1. The van der Waals surface area contributed by atoms with Crippen molar-refractivity contribution in [3.8, 4) is 11.5 Å². The highest BCUT2D eigenvalue weighted by Gasteiger charge is 2.31. The van der Waals surface area contributed by atoms with E-state index < -0.39 is 0 Å². The van der Waals surface area contributed by atoms with E-state index in [2.05, 4.69) is 12.1 Å². The number of fused-ring (bicyclic) bond motifs is 1. The van der Waals surface area contributed by atoms with E-state index in [1.807, 2.05) is 6.07 Å². The Morgan fingerprint density at radius 3 is 2.62 bits per heavy atom. The molecule has 1 aliphatic heterocycles. The molecule has 1 aromatic rings. The largest absolute Gasteiger partial charge is 0.486 e. The van der Waals surface area contributed by atoms with Crippen LogP contribution in [0.5, 0.6) is 11.5 Å². The Hall–Kier alpha value is -1.22. The number of hydrogen-bond acceptors (Lipinski definition) is 3. The second-order valence-corrected chi connectivity index (χ2v) is 4.58. The number of hydrogen-bond donors (Lipinski definition) is 1. The first-order valence-corrected chi connectivity index (χ1v) is 5.98. The Bertz CT molecular complexity index is 388. The summed E-state index contributed by atoms with van der Waals surface area (Å²) in [6.45, 7) is 2.02. The summed E-state index contributed by atoms with van der Waals surface area (Å²) in [6, 6.07) is 6.24. The predicted molar refractivity (Wildman–Crippen MR) is 62.0 cm³/mol. The van der Waals surface area contributed by atoms with Crippen LogP contribution in [0, 0.1) is 5.92 Å². The average molecular weight is 219 g/mol. The van der Waals surface area contributed by atoms with Crippen LogP contribution in [0.4, 0.5) is 0 Å². The van der Waals surface area contributed by atoms with Crippen molar-refractivity contribution in [2.24, 2.45) is 11.7 Å². The molecule has 1 aliphatic carbocycles. The summed E-state index contributed by atoms with van der Waals surface area (Å²) >= 11 is 0. The lowest BCUT2D eigenvalue weighted by Crippen LogP contribution is -2.17. The van der Waals surface area contributed by atoms with Gasteiger partial charge in [-0.05, 0) is 48.9 Å². The van der Waals surface area contributed by atoms with Crippen molar-refractivity contribution in [3.05, 3.63) is 23.8 Å². The molecule has 0 saturated heterocycles. The van der Waals surface area contributed by atoms with E-state index in [1.165, 1.54) is 18.4 Å². The maximum atomic E-state index is 5.85. The molecule has 1 heterocycles. The summed E-state index contributed by atoms with van der Waals surface area (Å²) in [5, 5.41) is 0. The highest BCUT2D eigenvalue weighted by atomic mass is 16.6. The van der Waals surface area contributed by atoms with Crippen LogP contribution >= 0.6 is 0 Å². The standard InChI is InChI=1S/C13H17NO2/c14-8-11(9-1-2-9)10-3-4-12-13(7-10)16-6-5-15-12/h3-4,7,9,11H,1-2,5-6,8,14H2. The van der Waals surface area contributed by atoms with Crippen molar-refractivity contribution >= 4 is 0 Å². The van der Waals surface area contributed by atoms with Crippen LogP contribution in [0.1, 0.15) is 24.3 Å². The van der Waals surface area contributed by atoms with E-state index in [1.54, 1.807) is 0 Å². The number of rotatable bonds is 3. The van der Waals surface area contributed by atoms with Crippen LogP contribution < -0.4 is 15.2 Å². The van der Waals surface area contributed by atoms with Gasteiger partial charge in [-0.2, -0.15) is 0 Å². The molecule has 2 N–H and O–H groups in total. The van der Waals surface area contributed by atoms with Gasteiger partial charge in [0, 0.05) is 0 Å². The Morgan fingerprint density at radius 1 is 1.19 bits per heavy atom. The van der Waals surface area contributed by atoms with Gasteiger partial charge in [0.25, 0.3) is 0 Å². The lowest BCUT2D eigenvalue weighted by molar-refractivity contribution is 0.171.